The van der Waals surface area contributed by atoms with E-state index in [0.29, 0.717) is 6.04 Å². The van der Waals surface area contributed by atoms with Crippen molar-refractivity contribution in [3.8, 4) is 0 Å². The summed E-state index contributed by atoms with van der Waals surface area (Å²) >= 11 is 0. The first-order chi connectivity index (χ1) is 9.38. The number of nitrogens with zero attached hydrogens (tertiary/aromatic N) is 1. The molecule has 0 aromatic heterocycles. The van der Waals surface area contributed by atoms with E-state index < -0.39 is 0 Å². The Morgan fingerprint density at radius 3 is 2.47 bits per heavy atom. The molecule has 104 valence electrons. The summed E-state index contributed by atoms with van der Waals surface area (Å²) in [6.45, 7) is 5.74. The molecule has 2 atom stereocenters. The van der Waals surface area contributed by atoms with Crippen LogP contribution in [0.15, 0.2) is 24.3 Å². The van der Waals surface area contributed by atoms with Crippen LogP contribution >= 0.6 is 0 Å². The van der Waals surface area contributed by atoms with Gasteiger partial charge in [0.05, 0.1) is 0 Å². The predicted molar refractivity (Wildman–Crippen MR) is 80.0 cm³/mol. The van der Waals surface area contributed by atoms with Crippen molar-refractivity contribution >= 4 is 0 Å². The third-order valence-corrected chi connectivity index (χ3v) is 4.72. The first kappa shape index (κ1) is 13.1. The van der Waals surface area contributed by atoms with E-state index in [0.717, 1.165) is 19.1 Å². The van der Waals surface area contributed by atoms with E-state index in [9.17, 15) is 0 Å². The standard InChI is InChI=1S/C17H26N2/c1-2-11-18-16-9-5-6-10-17(16)19-12-14-7-3-4-8-15(14)13-19/h3-4,7-8,16-18H,2,5-6,9-13H2,1H3. The molecular weight excluding hydrogens is 232 g/mol. The summed E-state index contributed by atoms with van der Waals surface area (Å²) in [4.78, 5) is 2.71. The molecule has 3 rings (SSSR count). The van der Waals surface area contributed by atoms with Crippen LogP contribution in [0.25, 0.3) is 0 Å². The van der Waals surface area contributed by atoms with Gasteiger partial charge in [-0.15, -0.1) is 0 Å². The van der Waals surface area contributed by atoms with Crippen molar-refractivity contribution in [2.75, 3.05) is 6.54 Å². The average Bonchev–Trinajstić information content (AvgIpc) is 2.89. The van der Waals surface area contributed by atoms with Crippen molar-refractivity contribution in [2.24, 2.45) is 0 Å². The molecule has 2 aliphatic rings. The summed E-state index contributed by atoms with van der Waals surface area (Å²) in [6.07, 6.45) is 6.77. The summed E-state index contributed by atoms with van der Waals surface area (Å²) < 4.78 is 0. The SMILES string of the molecule is CCCNC1CCCCC1N1Cc2ccccc2C1. The van der Waals surface area contributed by atoms with Gasteiger partial charge in [0.25, 0.3) is 0 Å². The third kappa shape index (κ3) is 2.85. The van der Waals surface area contributed by atoms with Crippen LogP contribution < -0.4 is 5.32 Å². The van der Waals surface area contributed by atoms with Crippen LogP contribution in [-0.2, 0) is 13.1 Å². The van der Waals surface area contributed by atoms with Crippen molar-refractivity contribution in [1.82, 2.24) is 10.2 Å². The van der Waals surface area contributed by atoms with Crippen molar-refractivity contribution in [3.05, 3.63) is 35.4 Å². The van der Waals surface area contributed by atoms with Crippen LogP contribution in [0.4, 0.5) is 0 Å². The van der Waals surface area contributed by atoms with E-state index in [1.807, 2.05) is 0 Å². The Balaban J connectivity index is 1.67. The van der Waals surface area contributed by atoms with E-state index >= 15 is 0 Å². The summed E-state index contributed by atoms with van der Waals surface area (Å²) in [6, 6.07) is 10.4. The Labute approximate surface area is 117 Å². The van der Waals surface area contributed by atoms with Gasteiger partial charge in [-0.3, -0.25) is 4.90 Å². The van der Waals surface area contributed by atoms with Crippen molar-refractivity contribution in [2.45, 2.75) is 64.2 Å². The molecule has 1 saturated carbocycles. The molecule has 2 unspecified atom stereocenters. The average molecular weight is 258 g/mol. The monoisotopic (exact) mass is 258 g/mol. The lowest BCUT2D eigenvalue weighted by Crippen LogP contribution is -2.50. The number of fused-ring (bicyclic) bond motifs is 1. The number of hydrogen-bond acceptors (Lipinski definition) is 2. The van der Waals surface area contributed by atoms with Crippen LogP contribution in [0.2, 0.25) is 0 Å². The number of benzene rings is 1. The Kier molecular flexibility index (Phi) is 4.19. The fourth-order valence-corrected chi connectivity index (χ4v) is 3.71. The van der Waals surface area contributed by atoms with E-state index in [1.54, 1.807) is 11.1 Å². The molecule has 1 heterocycles. The fourth-order valence-electron chi connectivity index (χ4n) is 3.71. The molecule has 1 aromatic rings. The molecule has 0 radical (unpaired) electrons. The lowest BCUT2D eigenvalue weighted by atomic mass is 9.89. The molecule has 19 heavy (non-hydrogen) atoms. The van der Waals surface area contributed by atoms with Crippen LogP contribution in [0, 0.1) is 0 Å². The van der Waals surface area contributed by atoms with Crippen molar-refractivity contribution in [1.29, 1.82) is 0 Å². The van der Waals surface area contributed by atoms with E-state index in [4.69, 9.17) is 0 Å². The minimum Gasteiger partial charge on any atom is -0.312 e. The second-order valence-electron chi connectivity index (χ2n) is 6.09. The Morgan fingerprint density at radius 1 is 1.11 bits per heavy atom. The van der Waals surface area contributed by atoms with Gasteiger partial charge in [0, 0.05) is 25.2 Å². The Morgan fingerprint density at radius 2 is 1.79 bits per heavy atom. The van der Waals surface area contributed by atoms with Gasteiger partial charge in [0.2, 0.25) is 0 Å². The maximum absolute atomic E-state index is 3.78. The van der Waals surface area contributed by atoms with Crippen LogP contribution in [0.3, 0.4) is 0 Å². The Hall–Kier alpha value is -0.860. The van der Waals surface area contributed by atoms with E-state index in [-0.39, 0.29) is 0 Å². The molecule has 0 amide bonds. The first-order valence-electron chi connectivity index (χ1n) is 7.92. The lowest BCUT2D eigenvalue weighted by molar-refractivity contribution is 0.120. The van der Waals surface area contributed by atoms with Crippen LogP contribution in [-0.4, -0.2) is 23.5 Å². The number of hydrogen-bond donors (Lipinski definition) is 1. The lowest BCUT2D eigenvalue weighted by Gasteiger charge is -2.38. The van der Waals surface area contributed by atoms with Gasteiger partial charge in [-0.1, -0.05) is 44.0 Å². The highest BCUT2D eigenvalue weighted by Gasteiger charge is 2.32. The van der Waals surface area contributed by atoms with E-state index in [2.05, 4.69) is 41.4 Å². The van der Waals surface area contributed by atoms with Gasteiger partial charge >= 0.3 is 0 Å². The smallest absolute Gasteiger partial charge is 0.0256 e. The molecule has 1 aromatic carbocycles. The third-order valence-electron chi connectivity index (χ3n) is 4.72. The first-order valence-corrected chi connectivity index (χ1v) is 7.92. The highest BCUT2D eigenvalue weighted by atomic mass is 15.2. The summed E-state index contributed by atoms with van der Waals surface area (Å²) in [5.41, 5.74) is 3.09. The zero-order valence-corrected chi connectivity index (χ0v) is 12.1. The summed E-state index contributed by atoms with van der Waals surface area (Å²) in [7, 11) is 0. The molecule has 1 aliphatic heterocycles. The molecule has 2 nitrogen and oxygen atoms in total. The van der Waals surface area contributed by atoms with Gasteiger partial charge in [-0.2, -0.15) is 0 Å². The largest absolute Gasteiger partial charge is 0.312 e. The maximum atomic E-state index is 3.78. The van der Waals surface area contributed by atoms with Crippen LogP contribution in [0.5, 0.6) is 0 Å². The topological polar surface area (TPSA) is 15.3 Å². The molecule has 0 bridgehead atoms. The number of rotatable bonds is 4. The van der Waals surface area contributed by atoms with Gasteiger partial charge < -0.3 is 5.32 Å². The molecular formula is C17H26N2. The molecule has 1 fully saturated rings. The minimum atomic E-state index is 0.711. The van der Waals surface area contributed by atoms with Gasteiger partial charge in [-0.05, 0) is 36.9 Å². The number of nitrogens with one attached hydrogen (secondary N) is 1. The quantitative estimate of drug-likeness (QED) is 0.891. The summed E-state index contributed by atoms with van der Waals surface area (Å²) in [5.74, 6) is 0. The molecule has 1 aliphatic carbocycles. The second-order valence-corrected chi connectivity index (χ2v) is 6.09. The van der Waals surface area contributed by atoms with Gasteiger partial charge in [-0.25, -0.2) is 0 Å². The van der Waals surface area contributed by atoms with Crippen LogP contribution in [0.1, 0.15) is 50.2 Å². The maximum Gasteiger partial charge on any atom is 0.0256 e. The second kappa shape index (κ2) is 6.06. The zero-order valence-electron chi connectivity index (χ0n) is 12.1. The molecule has 1 N–H and O–H groups in total. The minimum absolute atomic E-state index is 0.711. The van der Waals surface area contributed by atoms with Crippen molar-refractivity contribution in [3.63, 3.8) is 0 Å². The predicted octanol–water partition coefficient (Wildman–Crippen LogP) is 3.31. The normalized spacial score (nSPS) is 27.4. The van der Waals surface area contributed by atoms with Gasteiger partial charge in [0.1, 0.15) is 0 Å². The highest BCUT2D eigenvalue weighted by molar-refractivity contribution is 5.30. The molecule has 0 saturated heterocycles. The van der Waals surface area contributed by atoms with Crippen molar-refractivity contribution < 1.29 is 0 Å². The summed E-state index contributed by atoms with van der Waals surface area (Å²) in [5, 5.41) is 3.78. The fraction of sp³-hybridized carbons (Fsp3) is 0.647. The van der Waals surface area contributed by atoms with Gasteiger partial charge in [0.15, 0.2) is 0 Å². The highest BCUT2D eigenvalue weighted by Crippen LogP contribution is 2.31. The zero-order chi connectivity index (χ0) is 13.1. The Bertz CT molecular complexity index is 390. The molecule has 2 heteroatoms. The molecule has 0 spiro atoms. The van der Waals surface area contributed by atoms with E-state index in [1.165, 1.54) is 38.6 Å².